The first kappa shape index (κ1) is 17.1. The number of amides is 1. The first-order valence-electron chi connectivity index (χ1n) is 7.74. The Balaban J connectivity index is 2.10. The zero-order chi connectivity index (χ0) is 16.8. The number of nitrogens with one attached hydrogen (secondary N) is 1. The van der Waals surface area contributed by atoms with E-state index in [4.69, 9.17) is 4.74 Å². The number of carbonyl (C=O) groups is 1. The molecule has 0 aliphatic rings. The summed E-state index contributed by atoms with van der Waals surface area (Å²) in [5.41, 5.74) is 3.33. The van der Waals surface area contributed by atoms with Crippen LogP contribution in [0.15, 0.2) is 18.5 Å². The normalized spacial score (nSPS) is 11.0. The quantitative estimate of drug-likeness (QED) is 0.788. The van der Waals surface area contributed by atoms with E-state index in [1.807, 2.05) is 33.8 Å². The molecule has 124 valence electrons. The van der Waals surface area contributed by atoms with E-state index in [2.05, 4.69) is 20.8 Å². The van der Waals surface area contributed by atoms with Crippen LogP contribution in [-0.2, 0) is 4.74 Å². The molecule has 0 spiro atoms. The van der Waals surface area contributed by atoms with E-state index >= 15 is 0 Å². The standard InChI is InChI=1S/C16H23N5O2/c1-11(2)23-9-5-8-17-16(22)14-7-6-12(3)13(4)15(14)21-10-18-19-20-21/h6-7,10-11H,5,8-9H2,1-4H3,(H,17,22). The SMILES string of the molecule is Cc1ccc(C(=O)NCCCOC(C)C)c(-n2cnnn2)c1C. The van der Waals surface area contributed by atoms with Crippen molar-refractivity contribution in [2.24, 2.45) is 0 Å². The molecule has 0 radical (unpaired) electrons. The highest BCUT2D eigenvalue weighted by Crippen LogP contribution is 2.21. The van der Waals surface area contributed by atoms with Gasteiger partial charge < -0.3 is 10.1 Å². The van der Waals surface area contributed by atoms with Crippen LogP contribution in [0.25, 0.3) is 5.69 Å². The summed E-state index contributed by atoms with van der Waals surface area (Å²) in [5.74, 6) is -0.136. The molecule has 0 aliphatic heterocycles. The monoisotopic (exact) mass is 317 g/mol. The van der Waals surface area contributed by atoms with Crippen LogP contribution in [0.2, 0.25) is 0 Å². The number of nitrogens with zero attached hydrogens (tertiary/aromatic N) is 4. The third-order valence-electron chi connectivity index (χ3n) is 3.58. The van der Waals surface area contributed by atoms with Crippen molar-refractivity contribution in [3.8, 4) is 5.69 Å². The number of benzene rings is 1. The summed E-state index contributed by atoms with van der Waals surface area (Å²) in [6, 6.07) is 3.74. The largest absolute Gasteiger partial charge is 0.379 e. The minimum atomic E-state index is -0.136. The van der Waals surface area contributed by atoms with Gasteiger partial charge in [0.25, 0.3) is 5.91 Å². The van der Waals surface area contributed by atoms with Gasteiger partial charge in [0.05, 0.1) is 17.4 Å². The average molecular weight is 317 g/mol. The Morgan fingerprint density at radius 2 is 2.13 bits per heavy atom. The summed E-state index contributed by atoms with van der Waals surface area (Å²) < 4.78 is 6.99. The Bertz CT molecular complexity index is 653. The van der Waals surface area contributed by atoms with Crippen molar-refractivity contribution in [1.29, 1.82) is 0 Å². The van der Waals surface area contributed by atoms with Crippen LogP contribution in [0.3, 0.4) is 0 Å². The number of hydrogen-bond donors (Lipinski definition) is 1. The van der Waals surface area contributed by atoms with Crippen molar-refractivity contribution in [2.45, 2.75) is 40.2 Å². The second kappa shape index (κ2) is 7.82. The first-order chi connectivity index (χ1) is 11.0. The van der Waals surface area contributed by atoms with Gasteiger partial charge in [0.1, 0.15) is 6.33 Å². The van der Waals surface area contributed by atoms with Crippen LogP contribution in [0.1, 0.15) is 41.8 Å². The van der Waals surface area contributed by atoms with Crippen LogP contribution in [0.4, 0.5) is 0 Å². The number of rotatable bonds is 7. The number of hydrogen-bond acceptors (Lipinski definition) is 5. The highest BCUT2D eigenvalue weighted by atomic mass is 16.5. The van der Waals surface area contributed by atoms with E-state index in [1.54, 1.807) is 6.07 Å². The molecule has 1 amide bonds. The van der Waals surface area contributed by atoms with Crippen molar-refractivity contribution in [1.82, 2.24) is 25.5 Å². The maximum atomic E-state index is 12.5. The van der Waals surface area contributed by atoms with Gasteiger partial charge in [-0.05, 0) is 61.7 Å². The molecule has 0 unspecified atom stereocenters. The number of tetrazole rings is 1. The Morgan fingerprint density at radius 3 is 2.78 bits per heavy atom. The predicted molar refractivity (Wildman–Crippen MR) is 86.7 cm³/mol. The molecular weight excluding hydrogens is 294 g/mol. The van der Waals surface area contributed by atoms with Gasteiger partial charge >= 0.3 is 0 Å². The van der Waals surface area contributed by atoms with Gasteiger partial charge in [0, 0.05) is 13.2 Å². The molecule has 0 saturated carbocycles. The highest BCUT2D eigenvalue weighted by molar-refractivity contribution is 5.98. The molecule has 2 rings (SSSR count). The summed E-state index contributed by atoms with van der Waals surface area (Å²) >= 11 is 0. The van der Waals surface area contributed by atoms with Crippen molar-refractivity contribution in [2.75, 3.05) is 13.2 Å². The zero-order valence-corrected chi connectivity index (χ0v) is 14.0. The number of ether oxygens (including phenoxy) is 1. The maximum absolute atomic E-state index is 12.5. The van der Waals surface area contributed by atoms with E-state index in [1.165, 1.54) is 11.0 Å². The molecule has 7 heteroatoms. The molecule has 2 aromatic rings. The maximum Gasteiger partial charge on any atom is 0.253 e. The fourth-order valence-electron chi connectivity index (χ4n) is 2.23. The topological polar surface area (TPSA) is 81.9 Å². The Kier molecular flexibility index (Phi) is 5.81. The smallest absolute Gasteiger partial charge is 0.253 e. The van der Waals surface area contributed by atoms with Gasteiger partial charge in [0.15, 0.2) is 0 Å². The molecule has 0 saturated heterocycles. The van der Waals surface area contributed by atoms with Crippen LogP contribution < -0.4 is 5.32 Å². The second-order valence-electron chi connectivity index (χ2n) is 5.69. The zero-order valence-electron chi connectivity index (χ0n) is 14.0. The van der Waals surface area contributed by atoms with Crippen molar-refractivity contribution >= 4 is 5.91 Å². The van der Waals surface area contributed by atoms with E-state index in [-0.39, 0.29) is 12.0 Å². The molecule has 0 atom stereocenters. The molecule has 1 N–H and O–H groups in total. The molecular formula is C16H23N5O2. The molecule has 0 bridgehead atoms. The van der Waals surface area contributed by atoms with Crippen LogP contribution in [-0.4, -0.2) is 45.4 Å². The summed E-state index contributed by atoms with van der Waals surface area (Å²) in [5, 5.41) is 14.2. The fraction of sp³-hybridized carbons (Fsp3) is 0.500. The van der Waals surface area contributed by atoms with Crippen molar-refractivity contribution < 1.29 is 9.53 Å². The fourth-order valence-corrected chi connectivity index (χ4v) is 2.23. The van der Waals surface area contributed by atoms with Crippen LogP contribution >= 0.6 is 0 Å². The molecule has 0 aliphatic carbocycles. The molecule has 1 aromatic heterocycles. The van der Waals surface area contributed by atoms with Crippen LogP contribution in [0.5, 0.6) is 0 Å². The first-order valence-corrected chi connectivity index (χ1v) is 7.74. The van der Waals surface area contributed by atoms with Gasteiger partial charge in [-0.1, -0.05) is 6.07 Å². The molecule has 23 heavy (non-hydrogen) atoms. The Hall–Kier alpha value is -2.28. The van der Waals surface area contributed by atoms with Crippen molar-refractivity contribution in [3.63, 3.8) is 0 Å². The minimum Gasteiger partial charge on any atom is -0.379 e. The molecule has 7 nitrogen and oxygen atoms in total. The summed E-state index contributed by atoms with van der Waals surface area (Å²) in [7, 11) is 0. The lowest BCUT2D eigenvalue weighted by molar-refractivity contribution is 0.0757. The van der Waals surface area contributed by atoms with Gasteiger partial charge in [-0.25, -0.2) is 0 Å². The third kappa shape index (κ3) is 4.35. The number of carbonyl (C=O) groups excluding carboxylic acids is 1. The third-order valence-corrected chi connectivity index (χ3v) is 3.58. The number of aromatic nitrogens is 4. The Labute approximate surface area is 136 Å². The van der Waals surface area contributed by atoms with E-state index in [9.17, 15) is 4.79 Å². The highest BCUT2D eigenvalue weighted by Gasteiger charge is 2.17. The number of aryl methyl sites for hydroxylation is 1. The molecule has 1 aromatic carbocycles. The van der Waals surface area contributed by atoms with Gasteiger partial charge in [-0.3, -0.25) is 4.79 Å². The van der Waals surface area contributed by atoms with E-state index in [0.29, 0.717) is 24.4 Å². The second-order valence-corrected chi connectivity index (χ2v) is 5.69. The minimum absolute atomic E-state index is 0.136. The predicted octanol–water partition coefficient (Wildman–Crippen LogP) is 1.82. The lowest BCUT2D eigenvalue weighted by Gasteiger charge is -2.14. The van der Waals surface area contributed by atoms with Gasteiger partial charge in [0.2, 0.25) is 0 Å². The van der Waals surface area contributed by atoms with E-state index in [0.717, 1.165) is 17.5 Å². The summed E-state index contributed by atoms with van der Waals surface area (Å²) in [4.78, 5) is 12.5. The summed E-state index contributed by atoms with van der Waals surface area (Å²) in [6.45, 7) is 9.13. The average Bonchev–Trinajstić information content (AvgIpc) is 3.02. The van der Waals surface area contributed by atoms with E-state index < -0.39 is 0 Å². The lowest BCUT2D eigenvalue weighted by Crippen LogP contribution is -2.27. The van der Waals surface area contributed by atoms with Gasteiger partial charge in [-0.2, -0.15) is 4.68 Å². The summed E-state index contributed by atoms with van der Waals surface area (Å²) in [6.07, 6.45) is 2.47. The van der Waals surface area contributed by atoms with Crippen LogP contribution in [0, 0.1) is 13.8 Å². The van der Waals surface area contributed by atoms with Gasteiger partial charge in [-0.15, -0.1) is 5.10 Å². The lowest BCUT2D eigenvalue weighted by atomic mass is 10.0. The molecule has 0 fully saturated rings. The van der Waals surface area contributed by atoms with Crippen molar-refractivity contribution in [3.05, 3.63) is 35.2 Å². The molecule has 1 heterocycles. The Morgan fingerprint density at radius 1 is 1.35 bits per heavy atom.